The van der Waals surface area contributed by atoms with Gasteiger partial charge >= 0.3 is 0 Å². The minimum Gasteiger partial charge on any atom is -0.492 e. The standard InChI is InChI=1S/C26H29ClN2O4S/c1-3-6-20-9-15-24(16-10-20)33-18-17-28-26(30)21-11-13-23(14-12-21)29(34(2,31)32)19-22-7-4-5-8-25(22)27/h4-5,7-16H,3,6,17-19H2,1-2H3,(H,28,30). The van der Waals surface area contributed by atoms with Gasteiger partial charge in [0, 0.05) is 10.6 Å². The van der Waals surface area contributed by atoms with Crippen LogP contribution < -0.4 is 14.4 Å². The van der Waals surface area contributed by atoms with E-state index in [-0.39, 0.29) is 12.5 Å². The Kier molecular flexibility index (Phi) is 8.96. The van der Waals surface area contributed by atoms with E-state index in [9.17, 15) is 13.2 Å². The SMILES string of the molecule is CCCc1ccc(OCCNC(=O)c2ccc(N(Cc3ccccc3Cl)S(C)(=O)=O)cc2)cc1. The van der Waals surface area contributed by atoms with Gasteiger partial charge in [0.25, 0.3) is 5.91 Å². The maximum Gasteiger partial charge on any atom is 0.251 e. The number of sulfonamides is 1. The van der Waals surface area contributed by atoms with Crippen molar-refractivity contribution >= 4 is 33.2 Å². The summed E-state index contributed by atoms with van der Waals surface area (Å²) in [7, 11) is -3.56. The van der Waals surface area contributed by atoms with E-state index in [1.54, 1.807) is 48.5 Å². The highest BCUT2D eigenvalue weighted by molar-refractivity contribution is 7.92. The summed E-state index contributed by atoms with van der Waals surface area (Å²) in [6, 6.07) is 21.5. The van der Waals surface area contributed by atoms with Crippen LogP contribution in [-0.2, 0) is 23.0 Å². The molecular formula is C26H29ClN2O4S. The first-order valence-electron chi connectivity index (χ1n) is 11.1. The molecule has 3 aromatic carbocycles. The van der Waals surface area contributed by atoms with Crippen LogP contribution in [0.1, 0.15) is 34.8 Å². The molecule has 0 atom stereocenters. The molecule has 0 aliphatic rings. The second kappa shape index (κ2) is 11.9. The number of benzene rings is 3. The van der Waals surface area contributed by atoms with Crippen LogP contribution in [0.2, 0.25) is 5.02 Å². The first kappa shape index (κ1) is 25.6. The number of hydrogen-bond acceptors (Lipinski definition) is 4. The molecule has 0 aliphatic heterocycles. The molecule has 3 rings (SSSR count). The van der Waals surface area contributed by atoms with E-state index < -0.39 is 10.0 Å². The fraction of sp³-hybridized carbons (Fsp3) is 0.269. The third kappa shape index (κ3) is 7.23. The third-order valence-electron chi connectivity index (χ3n) is 5.21. The monoisotopic (exact) mass is 500 g/mol. The summed E-state index contributed by atoms with van der Waals surface area (Å²) < 4.78 is 31.7. The van der Waals surface area contributed by atoms with E-state index in [2.05, 4.69) is 12.2 Å². The normalized spacial score (nSPS) is 11.1. The van der Waals surface area contributed by atoms with E-state index in [0.717, 1.165) is 24.8 Å². The van der Waals surface area contributed by atoms with Gasteiger partial charge in [0.1, 0.15) is 12.4 Å². The summed E-state index contributed by atoms with van der Waals surface area (Å²) in [5.41, 5.74) is 2.84. The van der Waals surface area contributed by atoms with Crippen LogP contribution >= 0.6 is 11.6 Å². The van der Waals surface area contributed by atoms with Crippen LogP contribution in [0.3, 0.4) is 0 Å². The number of ether oxygens (including phenoxy) is 1. The van der Waals surface area contributed by atoms with E-state index >= 15 is 0 Å². The average molecular weight is 501 g/mol. The minimum atomic E-state index is -3.56. The fourth-order valence-corrected chi connectivity index (χ4v) is 4.51. The van der Waals surface area contributed by atoms with Crippen molar-refractivity contribution in [3.05, 3.63) is 94.5 Å². The van der Waals surface area contributed by atoms with Gasteiger partial charge in [-0.3, -0.25) is 9.10 Å². The topological polar surface area (TPSA) is 75.7 Å². The second-order valence-corrected chi connectivity index (χ2v) is 10.2. The molecule has 0 aromatic heterocycles. The largest absolute Gasteiger partial charge is 0.492 e. The number of anilines is 1. The molecule has 1 amide bonds. The quantitative estimate of drug-likeness (QED) is 0.373. The van der Waals surface area contributed by atoms with Gasteiger partial charge in [-0.2, -0.15) is 0 Å². The molecule has 0 unspecified atom stereocenters. The van der Waals surface area contributed by atoms with Gasteiger partial charge < -0.3 is 10.1 Å². The van der Waals surface area contributed by atoms with Crippen molar-refractivity contribution in [1.29, 1.82) is 0 Å². The molecule has 0 radical (unpaired) electrons. The van der Waals surface area contributed by atoms with Gasteiger partial charge in [-0.15, -0.1) is 0 Å². The fourth-order valence-electron chi connectivity index (χ4n) is 3.44. The average Bonchev–Trinajstić information content (AvgIpc) is 2.82. The lowest BCUT2D eigenvalue weighted by molar-refractivity contribution is 0.0947. The van der Waals surface area contributed by atoms with Crippen LogP contribution in [0.4, 0.5) is 5.69 Å². The van der Waals surface area contributed by atoms with Crippen molar-refractivity contribution in [1.82, 2.24) is 5.32 Å². The van der Waals surface area contributed by atoms with Crippen molar-refractivity contribution < 1.29 is 17.9 Å². The van der Waals surface area contributed by atoms with Crippen LogP contribution in [0.25, 0.3) is 0 Å². The summed E-state index contributed by atoms with van der Waals surface area (Å²) >= 11 is 6.21. The highest BCUT2D eigenvalue weighted by atomic mass is 35.5. The highest BCUT2D eigenvalue weighted by Crippen LogP contribution is 2.24. The molecule has 6 nitrogen and oxygen atoms in total. The van der Waals surface area contributed by atoms with Gasteiger partial charge in [0.2, 0.25) is 10.0 Å². The molecular weight excluding hydrogens is 472 g/mol. The molecule has 3 aromatic rings. The number of carbonyl (C=O) groups is 1. The predicted octanol–water partition coefficient (Wildman–Crippen LogP) is 5.07. The summed E-state index contributed by atoms with van der Waals surface area (Å²) in [5, 5.41) is 3.31. The second-order valence-electron chi connectivity index (χ2n) is 7.91. The molecule has 0 heterocycles. The Morgan fingerprint density at radius 2 is 1.68 bits per heavy atom. The van der Waals surface area contributed by atoms with Gasteiger partial charge in [0.05, 0.1) is 25.0 Å². The predicted molar refractivity (Wildman–Crippen MR) is 137 cm³/mol. The van der Waals surface area contributed by atoms with Crippen molar-refractivity contribution in [2.75, 3.05) is 23.7 Å². The Morgan fingerprint density at radius 1 is 1.00 bits per heavy atom. The van der Waals surface area contributed by atoms with Crippen LogP contribution in [0.5, 0.6) is 5.75 Å². The van der Waals surface area contributed by atoms with Crippen LogP contribution in [0.15, 0.2) is 72.8 Å². The number of rotatable bonds is 11. The lowest BCUT2D eigenvalue weighted by Gasteiger charge is -2.23. The molecule has 0 saturated heterocycles. The van der Waals surface area contributed by atoms with Gasteiger partial charge in [-0.1, -0.05) is 55.3 Å². The lowest BCUT2D eigenvalue weighted by Crippen LogP contribution is -2.30. The maximum atomic E-state index is 12.5. The van der Waals surface area contributed by atoms with Crippen molar-refractivity contribution in [3.63, 3.8) is 0 Å². The molecule has 1 N–H and O–H groups in total. The Hall–Kier alpha value is -3.03. The van der Waals surface area contributed by atoms with E-state index in [4.69, 9.17) is 16.3 Å². The summed E-state index contributed by atoms with van der Waals surface area (Å²) in [6.45, 7) is 2.93. The Morgan fingerprint density at radius 3 is 2.29 bits per heavy atom. The first-order chi connectivity index (χ1) is 16.3. The molecule has 0 spiro atoms. The summed E-state index contributed by atoms with van der Waals surface area (Å²) in [5.74, 6) is 0.503. The minimum absolute atomic E-state index is 0.0980. The van der Waals surface area contributed by atoms with Crippen molar-refractivity contribution in [2.45, 2.75) is 26.3 Å². The van der Waals surface area contributed by atoms with Gasteiger partial charge in [-0.05, 0) is 60.0 Å². The van der Waals surface area contributed by atoms with E-state index in [1.807, 2.05) is 24.3 Å². The van der Waals surface area contributed by atoms with Crippen molar-refractivity contribution in [3.8, 4) is 5.75 Å². The Balaban J connectivity index is 1.56. The number of amides is 1. The number of nitrogens with zero attached hydrogens (tertiary/aromatic N) is 1. The molecule has 34 heavy (non-hydrogen) atoms. The zero-order valence-electron chi connectivity index (χ0n) is 19.3. The summed E-state index contributed by atoms with van der Waals surface area (Å²) in [4.78, 5) is 12.5. The lowest BCUT2D eigenvalue weighted by atomic mass is 10.1. The Bertz CT molecular complexity index is 1200. The van der Waals surface area contributed by atoms with E-state index in [1.165, 1.54) is 9.87 Å². The van der Waals surface area contributed by atoms with E-state index in [0.29, 0.717) is 35.0 Å². The molecule has 0 aliphatic carbocycles. The molecule has 0 saturated carbocycles. The number of nitrogens with one attached hydrogen (secondary N) is 1. The first-order valence-corrected chi connectivity index (χ1v) is 13.3. The number of aryl methyl sites for hydroxylation is 1. The number of hydrogen-bond donors (Lipinski definition) is 1. The molecule has 8 heteroatoms. The maximum absolute atomic E-state index is 12.5. The zero-order valence-corrected chi connectivity index (χ0v) is 20.9. The number of carbonyl (C=O) groups excluding carboxylic acids is 1. The van der Waals surface area contributed by atoms with Crippen LogP contribution in [-0.4, -0.2) is 33.7 Å². The van der Waals surface area contributed by atoms with Gasteiger partial charge in [0.15, 0.2) is 0 Å². The smallest absolute Gasteiger partial charge is 0.251 e. The molecule has 180 valence electrons. The van der Waals surface area contributed by atoms with Gasteiger partial charge in [-0.25, -0.2) is 8.42 Å². The molecule has 0 bridgehead atoms. The Labute approximate surface area is 206 Å². The van der Waals surface area contributed by atoms with Crippen LogP contribution in [0, 0.1) is 0 Å². The number of halogens is 1. The third-order valence-corrected chi connectivity index (χ3v) is 6.72. The molecule has 0 fully saturated rings. The zero-order chi connectivity index (χ0) is 24.6. The highest BCUT2D eigenvalue weighted by Gasteiger charge is 2.19. The summed E-state index contributed by atoms with van der Waals surface area (Å²) in [6.07, 6.45) is 3.28. The van der Waals surface area contributed by atoms with Crippen molar-refractivity contribution in [2.24, 2.45) is 0 Å².